The van der Waals surface area contributed by atoms with E-state index in [0.29, 0.717) is 17.1 Å². The standard InChI is InChI=1S/C21H21N3O3/c1-15(25)24(17-8-4-9-18(14-17)27-2)13-11-20(26)23-19-10-3-6-16-7-5-12-22-21(16)19/h3-10,12,14H,11,13H2,1-2H3,(H,23,26). The van der Waals surface area contributed by atoms with Gasteiger partial charge in [0.15, 0.2) is 0 Å². The maximum Gasteiger partial charge on any atom is 0.226 e. The fourth-order valence-electron chi connectivity index (χ4n) is 2.88. The van der Waals surface area contributed by atoms with Crippen molar-refractivity contribution in [2.24, 2.45) is 0 Å². The van der Waals surface area contributed by atoms with Gasteiger partial charge in [-0.1, -0.05) is 24.3 Å². The number of benzene rings is 2. The Balaban J connectivity index is 1.70. The number of methoxy groups -OCH3 is 1. The van der Waals surface area contributed by atoms with Crippen LogP contribution in [-0.2, 0) is 9.59 Å². The normalized spacial score (nSPS) is 10.4. The molecule has 3 rings (SSSR count). The van der Waals surface area contributed by atoms with Gasteiger partial charge >= 0.3 is 0 Å². The van der Waals surface area contributed by atoms with Crippen LogP contribution in [0, 0.1) is 0 Å². The zero-order chi connectivity index (χ0) is 19.2. The molecule has 6 nitrogen and oxygen atoms in total. The number of anilines is 2. The Labute approximate surface area is 157 Å². The van der Waals surface area contributed by atoms with Crippen molar-refractivity contribution in [3.8, 4) is 5.75 Å². The molecule has 1 heterocycles. The Morgan fingerprint density at radius 3 is 2.67 bits per heavy atom. The molecule has 0 unspecified atom stereocenters. The average molecular weight is 363 g/mol. The molecule has 0 radical (unpaired) electrons. The number of para-hydroxylation sites is 1. The quantitative estimate of drug-likeness (QED) is 0.726. The Morgan fingerprint density at radius 1 is 1.11 bits per heavy atom. The van der Waals surface area contributed by atoms with Crippen LogP contribution in [0.4, 0.5) is 11.4 Å². The number of carbonyl (C=O) groups excluding carboxylic acids is 2. The summed E-state index contributed by atoms with van der Waals surface area (Å²) in [5.41, 5.74) is 2.10. The van der Waals surface area contributed by atoms with Crippen LogP contribution in [0.25, 0.3) is 10.9 Å². The molecule has 6 heteroatoms. The summed E-state index contributed by atoms with van der Waals surface area (Å²) in [6.45, 7) is 1.75. The number of pyridine rings is 1. The summed E-state index contributed by atoms with van der Waals surface area (Å²) in [6, 6.07) is 16.6. The molecule has 0 bridgehead atoms. The van der Waals surface area contributed by atoms with Crippen LogP contribution in [0.3, 0.4) is 0 Å². The van der Waals surface area contributed by atoms with Crippen molar-refractivity contribution in [1.82, 2.24) is 4.98 Å². The van der Waals surface area contributed by atoms with Gasteiger partial charge < -0.3 is 15.0 Å². The van der Waals surface area contributed by atoms with E-state index in [9.17, 15) is 9.59 Å². The van der Waals surface area contributed by atoms with Crippen LogP contribution in [0.2, 0.25) is 0 Å². The van der Waals surface area contributed by atoms with E-state index in [2.05, 4.69) is 10.3 Å². The maximum absolute atomic E-state index is 12.4. The zero-order valence-electron chi connectivity index (χ0n) is 15.3. The topological polar surface area (TPSA) is 71.5 Å². The van der Waals surface area contributed by atoms with Crippen LogP contribution >= 0.6 is 0 Å². The number of fused-ring (bicyclic) bond motifs is 1. The summed E-state index contributed by atoms with van der Waals surface area (Å²) in [6.07, 6.45) is 1.86. The second-order valence-corrected chi connectivity index (χ2v) is 6.05. The van der Waals surface area contributed by atoms with Crippen molar-refractivity contribution in [2.45, 2.75) is 13.3 Å². The van der Waals surface area contributed by atoms with Gasteiger partial charge in [-0.05, 0) is 24.3 Å². The summed E-state index contributed by atoms with van der Waals surface area (Å²) >= 11 is 0. The van der Waals surface area contributed by atoms with Crippen LogP contribution in [0.5, 0.6) is 5.75 Å². The van der Waals surface area contributed by atoms with Crippen LogP contribution in [-0.4, -0.2) is 30.5 Å². The minimum Gasteiger partial charge on any atom is -0.497 e. The van der Waals surface area contributed by atoms with Crippen molar-refractivity contribution in [1.29, 1.82) is 0 Å². The van der Waals surface area contributed by atoms with Crippen molar-refractivity contribution < 1.29 is 14.3 Å². The summed E-state index contributed by atoms with van der Waals surface area (Å²) in [5, 5.41) is 3.84. The van der Waals surface area contributed by atoms with E-state index in [1.54, 1.807) is 24.3 Å². The van der Waals surface area contributed by atoms with E-state index in [4.69, 9.17) is 4.74 Å². The maximum atomic E-state index is 12.4. The summed E-state index contributed by atoms with van der Waals surface area (Å²) < 4.78 is 5.21. The molecule has 0 saturated heterocycles. The Kier molecular flexibility index (Phi) is 5.66. The van der Waals surface area contributed by atoms with Crippen molar-refractivity contribution >= 4 is 34.1 Å². The van der Waals surface area contributed by atoms with Gasteiger partial charge in [0, 0.05) is 43.2 Å². The molecule has 0 atom stereocenters. The number of rotatable bonds is 6. The fraction of sp³-hybridized carbons (Fsp3) is 0.190. The Morgan fingerprint density at radius 2 is 1.89 bits per heavy atom. The largest absolute Gasteiger partial charge is 0.497 e. The second kappa shape index (κ2) is 8.31. The van der Waals surface area contributed by atoms with Crippen molar-refractivity contribution in [2.75, 3.05) is 23.9 Å². The number of ether oxygens (including phenoxy) is 1. The van der Waals surface area contributed by atoms with E-state index in [1.165, 1.54) is 6.92 Å². The Bertz CT molecular complexity index is 966. The SMILES string of the molecule is COc1cccc(N(CCC(=O)Nc2cccc3cccnc23)C(C)=O)c1. The molecule has 0 spiro atoms. The molecule has 1 aromatic heterocycles. The van der Waals surface area contributed by atoms with Gasteiger partial charge in [0.05, 0.1) is 18.3 Å². The molecule has 0 aliphatic heterocycles. The molecule has 2 aromatic carbocycles. The van der Waals surface area contributed by atoms with Gasteiger partial charge in [-0.2, -0.15) is 0 Å². The molecule has 0 saturated carbocycles. The lowest BCUT2D eigenvalue weighted by atomic mass is 10.2. The van der Waals surface area contributed by atoms with E-state index >= 15 is 0 Å². The van der Waals surface area contributed by atoms with Gasteiger partial charge in [-0.15, -0.1) is 0 Å². The van der Waals surface area contributed by atoms with Gasteiger partial charge in [0.25, 0.3) is 0 Å². The third kappa shape index (κ3) is 4.41. The smallest absolute Gasteiger partial charge is 0.226 e. The summed E-state index contributed by atoms with van der Waals surface area (Å²) in [4.78, 5) is 30.4. The minimum atomic E-state index is -0.178. The van der Waals surface area contributed by atoms with E-state index < -0.39 is 0 Å². The summed E-state index contributed by atoms with van der Waals surface area (Å²) in [5.74, 6) is 0.343. The molecule has 0 aliphatic rings. The molecular weight excluding hydrogens is 342 g/mol. The number of hydrogen-bond acceptors (Lipinski definition) is 4. The molecule has 138 valence electrons. The van der Waals surface area contributed by atoms with Crippen molar-refractivity contribution in [3.05, 3.63) is 60.8 Å². The van der Waals surface area contributed by atoms with E-state index in [0.717, 1.165) is 10.9 Å². The number of nitrogens with one attached hydrogen (secondary N) is 1. The average Bonchev–Trinajstić information content (AvgIpc) is 2.68. The third-order valence-electron chi connectivity index (χ3n) is 4.21. The Hall–Kier alpha value is -3.41. The predicted molar refractivity (Wildman–Crippen MR) is 106 cm³/mol. The number of nitrogens with zero attached hydrogens (tertiary/aromatic N) is 2. The zero-order valence-corrected chi connectivity index (χ0v) is 15.3. The highest BCUT2D eigenvalue weighted by Crippen LogP contribution is 2.23. The molecule has 2 amide bonds. The first kappa shape index (κ1) is 18.4. The first-order chi connectivity index (χ1) is 13.1. The van der Waals surface area contributed by atoms with Gasteiger partial charge in [0.2, 0.25) is 11.8 Å². The van der Waals surface area contributed by atoms with Gasteiger partial charge in [0.1, 0.15) is 5.75 Å². The molecule has 3 aromatic rings. The highest BCUT2D eigenvalue weighted by Gasteiger charge is 2.15. The number of amides is 2. The van der Waals surface area contributed by atoms with Gasteiger partial charge in [-0.3, -0.25) is 14.6 Å². The monoisotopic (exact) mass is 363 g/mol. The lowest BCUT2D eigenvalue weighted by Crippen LogP contribution is -2.32. The number of aromatic nitrogens is 1. The number of carbonyl (C=O) groups is 2. The number of hydrogen-bond donors (Lipinski definition) is 1. The molecule has 27 heavy (non-hydrogen) atoms. The lowest BCUT2D eigenvalue weighted by Gasteiger charge is -2.21. The summed E-state index contributed by atoms with van der Waals surface area (Å²) in [7, 11) is 1.57. The van der Waals surface area contributed by atoms with Crippen LogP contribution < -0.4 is 15.0 Å². The second-order valence-electron chi connectivity index (χ2n) is 6.05. The van der Waals surface area contributed by atoms with Gasteiger partial charge in [-0.25, -0.2) is 0 Å². The first-order valence-electron chi connectivity index (χ1n) is 8.64. The van der Waals surface area contributed by atoms with Crippen LogP contribution in [0.1, 0.15) is 13.3 Å². The first-order valence-corrected chi connectivity index (χ1v) is 8.64. The lowest BCUT2D eigenvalue weighted by molar-refractivity contribution is -0.117. The molecule has 0 aliphatic carbocycles. The third-order valence-corrected chi connectivity index (χ3v) is 4.21. The minimum absolute atomic E-state index is 0.136. The van der Waals surface area contributed by atoms with E-state index in [-0.39, 0.29) is 24.8 Å². The molecule has 1 N–H and O–H groups in total. The molecule has 0 fully saturated rings. The highest BCUT2D eigenvalue weighted by molar-refractivity contribution is 6.01. The highest BCUT2D eigenvalue weighted by atomic mass is 16.5. The van der Waals surface area contributed by atoms with Crippen LogP contribution in [0.15, 0.2) is 60.8 Å². The molecular formula is C21H21N3O3. The predicted octanol–water partition coefficient (Wildman–Crippen LogP) is 3.63. The van der Waals surface area contributed by atoms with E-state index in [1.807, 2.05) is 48.5 Å². The fourth-order valence-corrected chi connectivity index (χ4v) is 2.88. The van der Waals surface area contributed by atoms with Crippen molar-refractivity contribution in [3.63, 3.8) is 0 Å².